The van der Waals surface area contributed by atoms with Gasteiger partial charge in [-0.2, -0.15) is 18.3 Å². The van der Waals surface area contributed by atoms with Gasteiger partial charge in [0.25, 0.3) is 0 Å². The summed E-state index contributed by atoms with van der Waals surface area (Å²) in [4.78, 5) is 12.2. The van der Waals surface area contributed by atoms with Crippen molar-refractivity contribution in [1.82, 2.24) is 15.1 Å². The van der Waals surface area contributed by atoms with Crippen LogP contribution in [0.15, 0.2) is 42.6 Å². The van der Waals surface area contributed by atoms with Crippen molar-refractivity contribution in [3.63, 3.8) is 0 Å². The Bertz CT molecular complexity index is 794. The van der Waals surface area contributed by atoms with E-state index in [0.29, 0.717) is 12.5 Å². The van der Waals surface area contributed by atoms with E-state index in [-0.39, 0.29) is 11.6 Å². The number of fused-ring (bicyclic) bond motifs is 1. The molecular formula is C18H18F3N3O. The minimum atomic E-state index is -4.61. The Morgan fingerprint density at radius 1 is 1.32 bits per heavy atom. The summed E-state index contributed by atoms with van der Waals surface area (Å²) in [6.45, 7) is 0. The molecule has 1 atom stereocenters. The molecule has 1 heterocycles. The zero-order valence-corrected chi connectivity index (χ0v) is 13.7. The topological polar surface area (TPSA) is 46.9 Å². The van der Waals surface area contributed by atoms with Gasteiger partial charge in [-0.25, -0.2) is 0 Å². The number of allylic oxidation sites excluding steroid dienone is 1. The Balaban J connectivity index is 1.84. The Labute approximate surface area is 143 Å². The molecule has 0 saturated heterocycles. The molecule has 0 fully saturated rings. The zero-order chi connectivity index (χ0) is 18.0. The van der Waals surface area contributed by atoms with Gasteiger partial charge in [-0.1, -0.05) is 30.3 Å². The van der Waals surface area contributed by atoms with Crippen LogP contribution in [-0.4, -0.2) is 21.9 Å². The van der Waals surface area contributed by atoms with Gasteiger partial charge < -0.3 is 5.32 Å². The maximum atomic E-state index is 13.3. The predicted octanol–water partition coefficient (Wildman–Crippen LogP) is 3.56. The molecule has 25 heavy (non-hydrogen) atoms. The minimum Gasteiger partial charge on any atom is -0.346 e. The van der Waals surface area contributed by atoms with Crippen molar-refractivity contribution in [2.24, 2.45) is 7.05 Å². The summed E-state index contributed by atoms with van der Waals surface area (Å²) in [7, 11) is 1.82. The lowest BCUT2D eigenvalue weighted by Gasteiger charge is -2.23. The number of aromatic nitrogens is 2. The summed E-state index contributed by atoms with van der Waals surface area (Å²) >= 11 is 0. The largest absolute Gasteiger partial charge is 0.417 e. The number of nitrogens with zero attached hydrogens (tertiary/aromatic N) is 2. The van der Waals surface area contributed by atoms with Gasteiger partial charge in [0.15, 0.2) is 0 Å². The lowest BCUT2D eigenvalue weighted by molar-refractivity contribution is -0.117. The summed E-state index contributed by atoms with van der Waals surface area (Å²) < 4.78 is 41.7. The molecule has 0 radical (unpaired) electrons. The lowest BCUT2D eigenvalue weighted by atomic mass is 9.93. The highest BCUT2D eigenvalue weighted by Gasteiger charge is 2.35. The molecule has 0 spiro atoms. The standard InChI is InChI=1S/C18H18F3N3O/c1-24-16-9-5-8-15(13(16)11-22-24)23-17(25)10-14(18(19,20)21)12-6-3-2-4-7-12/h2-4,6-7,10-11,15H,5,8-9H2,1H3,(H,23,25)/b14-10+/t15-/m1/s1. The van der Waals surface area contributed by atoms with Crippen LogP contribution >= 0.6 is 0 Å². The number of carbonyl (C=O) groups is 1. The second-order valence-electron chi connectivity index (χ2n) is 6.05. The van der Waals surface area contributed by atoms with Gasteiger partial charge in [0.1, 0.15) is 0 Å². The molecule has 1 aliphatic rings. The smallest absolute Gasteiger partial charge is 0.346 e. The zero-order valence-electron chi connectivity index (χ0n) is 13.7. The third kappa shape index (κ3) is 3.75. The molecular weight excluding hydrogens is 331 g/mol. The fourth-order valence-corrected chi connectivity index (χ4v) is 3.15. The quantitative estimate of drug-likeness (QED) is 0.862. The predicted molar refractivity (Wildman–Crippen MR) is 87.5 cm³/mol. The minimum absolute atomic E-state index is 0.0316. The van der Waals surface area contributed by atoms with Crippen LogP contribution in [0.2, 0.25) is 0 Å². The van der Waals surface area contributed by atoms with E-state index in [1.54, 1.807) is 16.9 Å². The van der Waals surface area contributed by atoms with Crippen LogP contribution in [0, 0.1) is 0 Å². The van der Waals surface area contributed by atoms with Gasteiger partial charge in [-0.15, -0.1) is 0 Å². The molecule has 2 aromatic rings. The highest BCUT2D eigenvalue weighted by molar-refractivity contribution is 5.96. The van der Waals surface area contributed by atoms with Crippen LogP contribution in [0.5, 0.6) is 0 Å². The number of nitrogens with one attached hydrogen (secondary N) is 1. The number of aryl methyl sites for hydroxylation is 1. The number of amides is 1. The SMILES string of the molecule is Cn1ncc2c1CCC[C@H]2NC(=O)/C=C(\c1ccccc1)C(F)(F)F. The van der Waals surface area contributed by atoms with E-state index in [1.165, 1.54) is 24.3 Å². The molecule has 1 amide bonds. The van der Waals surface area contributed by atoms with Gasteiger partial charge in [0.2, 0.25) is 5.91 Å². The number of hydrogen-bond donors (Lipinski definition) is 1. The Morgan fingerprint density at radius 3 is 2.72 bits per heavy atom. The van der Waals surface area contributed by atoms with Gasteiger partial charge in [-0.3, -0.25) is 9.48 Å². The highest BCUT2D eigenvalue weighted by atomic mass is 19.4. The van der Waals surface area contributed by atoms with Gasteiger partial charge >= 0.3 is 6.18 Å². The Hall–Kier alpha value is -2.57. The van der Waals surface area contributed by atoms with E-state index in [1.807, 2.05) is 7.05 Å². The van der Waals surface area contributed by atoms with Crippen molar-refractivity contribution in [3.8, 4) is 0 Å². The van der Waals surface area contributed by atoms with Crippen molar-refractivity contribution >= 4 is 11.5 Å². The number of hydrogen-bond acceptors (Lipinski definition) is 2. The van der Waals surface area contributed by atoms with E-state index < -0.39 is 17.7 Å². The summed E-state index contributed by atoms with van der Waals surface area (Å²) in [5.41, 5.74) is 0.909. The van der Waals surface area contributed by atoms with Crippen LogP contribution in [0.25, 0.3) is 5.57 Å². The van der Waals surface area contributed by atoms with Crippen LogP contribution in [0.4, 0.5) is 13.2 Å². The molecule has 0 unspecified atom stereocenters. The van der Waals surface area contributed by atoms with Crippen molar-refractivity contribution in [2.75, 3.05) is 0 Å². The van der Waals surface area contributed by atoms with Crippen molar-refractivity contribution in [1.29, 1.82) is 0 Å². The fraction of sp³-hybridized carbons (Fsp3) is 0.333. The Kier molecular flexibility index (Phi) is 4.65. The molecule has 1 aromatic carbocycles. The first-order valence-corrected chi connectivity index (χ1v) is 8.02. The van der Waals surface area contributed by atoms with E-state index in [2.05, 4.69) is 10.4 Å². The third-order valence-electron chi connectivity index (χ3n) is 4.36. The molecule has 1 aromatic heterocycles. The summed E-state index contributed by atoms with van der Waals surface area (Å²) in [5, 5.41) is 6.87. The number of rotatable bonds is 3. The van der Waals surface area contributed by atoms with Gasteiger partial charge in [0, 0.05) is 24.4 Å². The van der Waals surface area contributed by atoms with Crippen LogP contribution in [0.3, 0.4) is 0 Å². The second kappa shape index (κ2) is 6.74. The van der Waals surface area contributed by atoms with Gasteiger partial charge in [0.05, 0.1) is 17.8 Å². The maximum Gasteiger partial charge on any atom is 0.417 e. The van der Waals surface area contributed by atoms with Crippen LogP contribution in [0.1, 0.15) is 35.7 Å². The molecule has 7 heteroatoms. The second-order valence-corrected chi connectivity index (χ2v) is 6.05. The number of carbonyl (C=O) groups excluding carboxylic acids is 1. The number of halogens is 3. The number of alkyl halides is 3. The lowest BCUT2D eigenvalue weighted by Crippen LogP contribution is -2.30. The first-order valence-electron chi connectivity index (χ1n) is 8.02. The molecule has 0 aliphatic heterocycles. The number of benzene rings is 1. The normalized spacial score (nSPS) is 17.9. The van der Waals surface area contributed by atoms with Crippen LogP contribution in [-0.2, 0) is 18.3 Å². The third-order valence-corrected chi connectivity index (χ3v) is 4.36. The van der Waals surface area contributed by atoms with Crippen molar-refractivity contribution < 1.29 is 18.0 Å². The highest BCUT2D eigenvalue weighted by Crippen LogP contribution is 2.34. The van der Waals surface area contributed by atoms with E-state index in [9.17, 15) is 18.0 Å². The van der Waals surface area contributed by atoms with E-state index in [0.717, 1.165) is 24.1 Å². The van der Waals surface area contributed by atoms with E-state index >= 15 is 0 Å². The average Bonchev–Trinajstić information content (AvgIpc) is 2.95. The molecule has 0 saturated carbocycles. The average molecular weight is 349 g/mol. The van der Waals surface area contributed by atoms with E-state index in [4.69, 9.17) is 0 Å². The molecule has 0 bridgehead atoms. The molecule has 4 nitrogen and oxygen atoms in total. The molecule has 1 aliphatic carbocycles. The van der Waals surface area contributed by atoms with Gasteiger partial charge in [-0.05, 0) is 24.8 Å². The van der Waals surface area contributed by atoms with Crippen molar-refractivity contribution in [3.05, 3.63) is 59.4 Å². The Morgan fingerprint density at radius 2 is 2.04 bits per heavy atom. The fourth-order valence-electron chi connectivity index (χ4n) is 3.15. The summed E-state index contributed by atoms with van der Waals surface area (Å²) in [5.74, 6) is -0.752. The molecule has 1 N–H and O–H groups in total. The first kappa shape index (κ1) is 17.3. The first-order chi connectivity index (χ1) is 11.9. The maximum absolute atomic E-state index is 13.3. The van der Waals surface area contributed by atoms with Crippen LogP contribution < -0.4 is 5.32 Å². The van der Waals surface area contributed by atoms with Crippen molar-refractivity contribution in [2.45, 2.75) is 31.5 Å². The summed E-state index contributed by atoms with van der Waals surface area (Å²) in [6.07, 6.45) is 0.0958. The molecule has 3 rings (SSSR count). The monoisotopic (exact) mass is 349 g/mol. The molecule has 132 valence electrons. The summed E-state index contributed by atoms with van der Waals surface area (Å²) in [6, 6.07) is 7.01.